The second kappa shape index (κ2) is 6.57. The van der Waals surface area contributed by atoms with Crippen LogP contribution in [-0.4, -0.2) is 22.7 Å². The molecule has 1 amide bonds. The first kappa shape index (κ1) is 15.3. The molecule has 0 aliphatic rings. The maximum absolute atomic E-state index is 12.2. The molecule has 2 rings (SSSR count). The Bertz CT molecular complexity index is 643. The molecular weight excluding hydrogens is 264 g/mol. The highest BCUT2D eigenvalue weighted by atomic mass is 16.2. The van der Waals surface area contributed by atoms with Crippen molar-refractivity contribution in [2.75, 3.05) is 0 Å². The third kappa shape index (κ3) is 3.94. The van der Waals surface area contributed by atoms with E-state index in [0.717, 1.165) is 16.5 Å². The quantitative estimate of drug-likeness (QED) is 0.857. The Labute approximate surface area is 124 Å². The summed E-state index contributed by atoms with van der Waals surface area (Å²) in [5.74, 6) is 0.267. The topological polar surface area (TPSA) is 62.0 Å². The van der Waals surface area contributed by atoms with Gasteiger partial charge in [-0.2, -0.15) is 0 Å². The number of carbonyl (C=O) groups excluding carboxylic acids is 2. The molecule has 0 aliphatic heterocycles. The number of fused-ring (bicyclic) bond motifs is 1. The fourth-order valence-corrected chi connectivity index (χ4v) is 2.49. The zero-order valence-corrected chi connectivity index (χ0v) is 12.8. The zero-order chi connectivity index (χ0) is 15.4. The summed E-state index contributed by atoms with van der Waals surface area (Å²) in [5, 5.41) is 3.90. The van der Waals surface area contributed by atoms with Gasteiger partial charge in [0.1, 0.15) is 0 Å². The molecule has 2 aromatic rings. The van der Waals surface area contributed by atoms with Crippen LogP contribution in [0, 0.1) is 5.92 Å². The molecule has 0 unspecified atom stereocenters. The maximum atomic E-state index is 12.2. The number of rotatable bonds is 6. The van der Waals surface area contributed by atoms with Crippen LogP contribution >= 0.6 is 0 Å². The molecule has 1 aromatic heterocycles. The molecule has 0 aliphatic carbocycles. The lowest BCUT2D eigenvalue weighted by molar-refractivity contribution is -0.126. The van der Waals surface area contributed by atoms with Crippen LogP contribution in [0.1, 0.15) is 32.8 Å². The van der Waals surface area contributed by atoms with Gasteiger partial charge < -0.3 is 10.3 Å². The molecular formula is C17H22N2O2. The largest absolute Gasteiger partial charge is 0.361 e. The predicted octanol–water partition coefficient (Wildman–Crippen LogP) is 2.83. The van der Waals surface area contributed by atoms with Gasteiger partial charge in [-0.1, -0.05) is 32.0 Å². The Balaban J connectivity index is 2.05. The Morgan fingerprint density at radius 2 is 1.95 bits per heavy atom. The van der Waals surface area contributed by atoms with Crippen molar-refractivity contribution >= 4 is 22.6 Å². The van der Waals surface area contributed by atoms with E-state index in [-0.39, 0.29) is 24.2 Å². The number of nitrogens with one attached hydrogen (secondary N) is 2. The minimum Gasteiger partial charge on any atom is -0.361 e. The van der Waals surface area contributed by atoms with Crippen LogP contribution in [0.4, 0.5) is 0 Å². The number of aromatic nitrogens is 1. The summed E-state index contributed by atoms with van der Waals surface area (Å²) in [7, 11) is 0. The summed E-state index contributed by atoms with van der Waals surface area (Å²) in [6, 6.07) is 7.49. The Morgan fingerprint density at radius 1 is 1.24 bits per heavy atom. The first-order valence-corrected chi connectivity index (χ1v) is 7.32. The molecule has 0 spiro atoms. The van der Waals surface area contributed by atoms with E-state index in [1.807, 2.05) is 44.3 Å². The molecule has 0 radical (unpaired) electrons. The first-order chi connectivity index (χ1) is 9.97. The molecule has 21 heavy (non-hydrogen) atoms. The lowest BCUT2D eigenvalue weighted by Gasteiger charge is -2.17. The molecule has 4 nitrogen and oxygen atoms in total. The number of Topliss-reactive ketones (excluding diaryl/α,β-unsaturated/α-hetero) is 1. The lowest BCUT2D eigenvalue weighted by atomic mass is 10.0. The van der Waals surface area contributed by atoms with Crippen LogP contribution in [0.25, 0.3) is 10.9 Å². The number of H-pyrrole nitrogens is 1. The van der Waals surface area contributed by atoms with Gasteiger partial charge in [-0.15, -0.1) is 0 Å². The standard InChI is InChI=1S/C17H22N2O2/c1-11(2)8-16(12(3)20)19-17(21)9-13-10-18-15-7-5-4-6-14(13)15/h4-7,10-11,16,18H,8-9H2,1-3H3,(H,19,21)/t16-/m0/s1. The van der Waals surface area contributed by atoms with E-state index in [1.165, 1.54) is 6.92 Å². The van der Waals surface area contributed by atoms with Crippen LogP contribution in [0.3, 0.4) is 0 Å². The van der Waals surface area contributed by atoms with Crippen molar-refractivity contribution in [2.24, 2.45) is 5.92 Å². The number of para-hydroxylation sites is 1. The van der Waals surface area contributed by atoms with Crippen LogP contribution in [0.2, 0.25) is 0 Å². The summed E-state index contributed by atoms with van der Waals surface area (Å²) in [6.45, 7) is 5.61. The molecule has 1 heterocycles. The highest BCUT2D eigenvalue weighted by Crippen LogP contribution is 2.18. The van der Waals surface area contributed by atoms with Crippen LogP contribution < -0.4 is 5.32 Å². The molecule has 4 heteroatoms. The Kier molecular flexibility index (Phi) is 4.78. The lowest BCUT2D eigenvalue weighted by Crippen LogP contribution is -2.41. The van der Waals surface area contributed by atoms with E-state index in [2.05, 4.69) is 10.3 Å². The van der Waals surface area contributed by atoms with Gasteiger partial charge >= 0.3 is 0 Å². The van der Waals surface area contributed by atoms with E-state index >= 15 is 0 Å². The highest BCUT2D eigenvalue weighted by Gasteiger charge is 2.19. The highest BCUT2D eigenvalue weighted by molar-refractivity contribution is 5.91. The van der Waals surface area contributed by atoms with Crippen molar-refractivity contribution in [1.29, 1.82) is 0 Å². The number of amides is 1. The van der Waals surface area contributed by atoms with Gasteiger partial charge in [0.15, 0.2) is 5.78 Å². The second-order valence-corrected chi connectivity index (χ2v) is 5.90. The maximum Gasteiger partial charge on any atom is 0.225 e. The van der Waals surface area contributed by atoms with Crippen molar-refractivity contribution in [3.63, 3.8) is 0 Å². The van der Waals surface area contributed by atoms with Gasteiger partial charge in [0.2, 0.25) is 5.91 Å². The van der Waals surface area contributed by atoms with E-state index in [1.54, 1.807) is 0 Å². The van der Waals surface area contributed by atoms with Gasteiger partial charge in [-0.3, -0.25) is 9.59 Å². The fraction of sp³-hybridized carbons (Fsp3) is 0.412. The summed E-state index contributed by atoms with van der Waals surface area (Å²) in [4.78, 5) is 26.9. The van der Waals surface area contributed by atoms with Crippen molar-refractivity contribution in [3.8, 4) is 0 Å². The summed E-state index contributed by atoms with van der Waals surface area (Å²) in [5.41, 5.74) is 1.97. The van der Waals surface area contributed by atoms with Gasteiger partial charge in [0.25, 0.3) is 0 Å². The third-order valence-corrected chi connectivity index (χ3v) is 3.56. The van der Waals surface area contributed by atoms with Crippen molar-refractivity contribution in [2.45, 2.75) is 39.7 Å². The number of hydrogen-bond acceptors (Lipinski definition) is 2. The monoisotopic (exact) mass is 286 g/mol. The van der Waals surface area contributed by atoms with Gasteiger partial charge in [-0.05, 0) is 30.9 Å². The van der Waals surface area contributed by atoms with Gasteiger partial charge in [0.05, 0.1) is 12.5 Å². The second-order valence-electron chi connectivity index (χ2n) is 5.90. The fourth-order valence-electron chi connectivity index (χ4n) is 2.49. The third-order valence-electron chi connectivity index (χ3n) is 3.56. The molecule has 0 saturated heterocycles. The van der Waals surface area contributed by atoms with Crippen molar-refractivity contribution in [1.82, 2.24) is 10.3 Å². The minimum absolute atomic E-state index is 0.0102. The van der Waals surface area contributed by atoms with Crippen molar-refractivity contribution < 1.29 is 9.59 Å². The molecule has 112 valence electrons. The van der Waals surface area contributed by atoms with Crippen LogP contribution in [-0.2, 0) is 16.0 Å². The van der Waals surface area contributed by atoms with Gasteiger partial charge in [-0.25, -0.2) is 0 Å². The molecule has 0 saturated carbocycles. The number of ketones is 1. The summed E-state index contributed by atoms with van der Waals surface area (Å²) >= 11 is 0. The van der Waals surface area contributed by atoms with E-state index in [0.29, 0.717) is 12.3 Å². The summed E-state index contributed by atoms with van der Waals surface area (Å²) in [6.07, 6.45) is 2.82. The van der Waals surface area contributed by atoms with Crippen molar-refractivity contribution in [3.05, 3.63) is 36.0 Å². The number of carbonyl (C=O) groups is 2. The SMILES string of the molecule is CC(=O)[C@H](CC(C)C)NC(=O)Cc1c[nH]c2ccccc12. The average Bonchev–Trinajstić information content (AvgIpc) is 2.81. The first-order valence-electron chi connectivity index (χ1n) is 7.32. The number of aromatic amines is 1. The smallest absolute Gasteiger partial charge is 0.225 e. The van der Waals surface area contributed by atoms with E-state index in [9.17, 15) is 9.59 Å². The zero-order valence-electron chi connectivity index (χ0n) is 12.8. The van der Waals surface area contributed by atoms with Crippen LogP contribution in [0.5, 0.6) is 0 Å². The normalized spacial score (nSPS) is 12.6. The van der Waals surface area contributed by atoms with E-state index < -0.39 is 0 Å². The average molecular weight is 286 g/mol. The molecule has 2 N–H and O–H groups in total. The molecule has 0 fully saturated rings. The van der Waals surface area contributed by atoms with Crippen LogP contribution in [0.15, 0.2) is 30.5 Å². The van der Waals surface area contributed by atoms with E-state index in [4.69, 9.17) is 0 Å². The Hall–Kier alpha value is -2.10. The molecule has 1 atom stereocenters. The molecule has 1 aromatic carbocycles. The van der Waals surface area contributed by atoms with Gasteiger partial charge in [0, 0.05) is 17.1 Å². The number of hydrogen-bond donors (Lipinski definition) is 2. The predicted molar refractivity (Wildman–Crippen MR) is 84.1 cm³/mol. The molecule has 0 bridgehead atoms. The number of benzene rings is 1. The summed E-state index contributed by atoms with van der Waals surface area (Å²) < 4.78 is 0. The minimum atomic E-state index is -0.386. The Morgan fingerprint density at radius 3 is 2.62 bits per heavy atom.